The summed E-state index contributed by atoms with van der Waals surface area (Å²) >= 11 is 0. The van der Waals surface area contributed by atoms with Gasteiger partial charge in [-0.3, -0.25) is 4.79 Å². The molecule has 0 spiro atoms. The highest BCUT2D eigenvalue weighted by Crippen LogP contribution is 1.96. The first-order valence-corrected chi connectivity index (χ1v) is 3.29. The summed E-state index contributed by atoms with van der Waals surface area (Å²) in [6.45, 7) is -0.551. The normalized spacial score (nSPS) is 17.6. The van der Waals surface area contributed by atoms with Crippen LogP contribution in [0.15, 0.2) is 0 Å². The smallest absolute Gasteiger partial charge is 0.207 e. The van der Waals surface area contributed by atoms with Crippen LogP contribution in [0.3, 0.4) is 0 Å². The van der Waals surface area contributed by atoms with E-state index in [1.165, 1.54) is 0 Å². The molecule has 0 aliphatic heterocycles. The van der Waals surface area contributed by atoms with Crippen LogP contribution in [0.4, 0.5) is 0 Å². The molecule has 6 nitrogen and oxygen atoms in total. The van der Waals surface area contributed by atoms with Crippen molar-refractivity contribution in [2.75, 3.05) is 6.61 Å². The van der Waals surface area contributed by atoms with Crippen molar-refractivity contribution in [3.8, 4) is 0 Å². The highest BCUT2D eigenvalue weighted by molar-refractivity contribution is 5.57. The number of aldehydes is 1. The molecule has 0 heterocycles. The summed E-state index contributed by atoms with van der Waals surface area (Å²) in [6.07, 6.45) is -2.70. The van der Waals surface area contributed by atoms with Crippen molar-refractivity contribution in [1.82, 2.24) is 5.32 Å². The van der Waals surface area contributed by atoms with Gasteiger partial charge < -0.3 is 25.4 Å². The third-order valence-corrected chi connectivity index (χ3v) is 1.38. The minimum Gasteiger partial charge on any atom is -0.394 e. The van der Waals surface area contributed by atoms with Crippen molar-refractivity contribution in [3.05, 3.63) is 0 Å². The third kappa shape index (κ3) is 2.95. The van der Waals surface area contributed by atoms with E-state index in [9.17, 15) is 9.59 Å². The molecule has 0 fully saturated rings. The number of nitrogens with one attached hydrogen (secondary N) is 1. The minimum atomic E-state index is -1.60. The number of hydrogen-bond acceptors (Lipinski definition) is 5. The van der Waals surface area contributed by atoms with Crippen molar-refractivity contribution >= 4 is 12.7 Å². The zero-order valence-electron chi connectivity index (χ0n) is 6.25. The predicted octanol–water partition coefficient (Wildman–Crippen LogP) is -2.99. The van der Waals surface area contributed by atoms with Crippen molar-refractivity contribution in [1.29, 1.82) is 0 Å². The van der Waals surface area contributed by atoms with E-state index in [4.69, 9.17) is 15.3 Å². The van der Waals surface area contributed by atoms with Crippen LogP contribution in [-0.2, 0) is 9.59 Å². The lowest BCUT2D eigenvalue weighted by atomic mass is 10.1. The number of carbonyl (C=O) groups excluding carboxylic acids is 2. The maximum absolute atomic E-state index is 9.96. The average molecular weight is 177 g/mol. The molecule has 0 radical (unpaired) electrons. The van der Waals surface area contributed by atoms with Gasteiger partial charge in [-0.15, -0.1) is 0 Å². The van der Waals surface area contributed by atoms with E-state index < -0.39 is 24.9 Å². The molecule has 0 bridgehead atoms. The van der Waals surface area contributed by atoms with E-state index in [0.29, 0.717) is 0 Å². The summed E-state index contributed by atoms with van der Waals surface area (Å²) in [7, 11) is 0. The van der Waals surface area contributed by atoms with Gasteiger partial charge in [0.2, 0.25) is 6.41 Å². The standard InChI is InChI=1S/C6H11NO5/c8-1-4(7-3-10)6(12)5(11)2-9/h2-6,8,11-12H,1H2,(H,7,10)/t4-,5-,6-/m1/s1. The largest absolute Gasteiger partial charge is 0.394 e. The second-order valence-electron chi connectivity index (χ2n) is 2.19. The average Bonchev–Trinajstić information content (AvgIpc) is 2.11. The number of amides is 1. The fourth-order valence-corrected chi connectivity index (χ4v) is 0.665. The van der Waals surface area contributed by atoms with Crippen LogP contribution in [0, 0.1) is 0 Å². The SMILES string of the molecule is O=CN[C@H](CO)[C@@H](O)[C@H](O)C=O. The topological polar surface area (TPSA) is 107 Å². The molecular weight excluding hydrogens is 166 g/mol. The van der Waals surface area contributed by atoms with Crippen LogP contribution < -0.4 is 5.32 Å². The highest BCUT2D eigenvalue weighted by atomic mass is 16.3. The first-order chi connectivity index (χ1) is 5.67. The van der Waals surface area contributed by atoms with E-state index in [-0.39, 0.29) is 12.7 Å². The molecular formula is C6H11NO5. The van der Waals surface area contributed by atoms with Gasteiger partial charge in [0.05, 0.1) is 12.6 Å². The highest BCUT2D eigenvalue weighted by Gasteiger charge is 2.24. The van der Waals surface area contributed by atoms with Crippen LogP contribution >= 0.6 is 0 Å². The Morgan fingerprint density at radius 2 is 1.92 bits per heavy atom. The van der Waals surface area contributed by atoms with E-state index in [0.717, 1.165) is 0 Å². The van der Waals surface area contributed by atoms with E-state index in [1.807, 2.05) is 5.32 Å². The fourth-order valence-electron chi connectivity index (χ4n) is 0.665. The van der Waals surface area contributed by atoms with Crippen LogP contribution in [-0.4, -0.2) is 52.9 Å². The lowest BCUT2D eigenvalue weighted by molar-refractivity contribution is -0.123. The molecule has 0 rings (SSSR count). The zero-order valence-corrected chi connectivity index (χ0v) is 6.25. The Morgan fingerprint density at radius 1 is 1.33 bits per heavy atom. The van der Waals surface area contributed by atoms with Crippen molar-refractivity contribution < 1.29 is 24.9 Å². The maximum Gasteiger partial charge on any atom is 0.207 e. The molecule has 0 unspecified atom stereocenters. The Balaban J connectivity index is 4.08. The van der Waals surface area contributed by atoms with Crippen molar-refractivity contribution in [3.63, 3.8) is 0 Å². The molecule has 0 saturated heterocycles. The Hall–Kier alpha value is -0.980. The van der Waals surface area contributed by atoms with Gasteiger partial charge in [-0.2, -0.15) is 0 Å². The minimum absolute atomic E-state index is 0.125. The lowest BCUT2D eigenvalue weighted by Crippen LogP contribution is -2.48. The molecule has 1 amide bonds. The monoisotopic (exact) mass is 177 g/mol. The fraction of sp³-hybridized carbons (Fsp3) is 0.667. The van der Waals surface area contributed by atoms with E-state index in [1.54, 1.807) is 0 Å². The van der Waals surface area contributed by atoms with Crippen LogP contribution in [0.5, 0.6) is 0 Å². The number of aliphatic hydroxyl groups is 3. The quantitative estimate of drug-likeness (QED) is 0.324. The summed E-state index contributed by atoms with van der Waals surface area (Å²) in [4.78, 5) is 19.8. The Kier molecular flexibility index (Phi) is 5.18. The molecule has 3 atom stereocenters. The molecule has 4 N–H and O–H groups in total. The lowest BCUT2D eigenvalue weighted by Gasteiger charge is -2.21. The molecule has 0 aliphatic rings. The second-order valence-corrected chi connectivity index (χ2v) is 2.19. The van der Waals surface area contributed by atoms with Gasteiger partial charge in [0.15, 0.2) is 6.29 Å². The molecule has 0 aromatic carbocycles. The number of aliphatic hydroxyl groups excluding tert-OH is 3. The Labute approximate surface area is 68.8 Å². The first kappa shape index (κ1) is 11.0. The molecule has 6 heteroatoms. The van der Waals surface area contributed by atoms with Gasteiger partial charge in [0, 0.05) is 0 Å². The van der Waals surface area contributed by atoms with Crippen LogP contribution in [0.1, 0.15) is 0 Å². The molecule has 12 heavy (non-hydrogen) atoms. The summed E-state index contributed by atoms with van der Waals surface area (Å²) in [5.41, 5.74) is 0. The summed E-state index contributed by atoms with van der Waals surface area (Å²) in [5, 5.41) is 28.4. The molecule has 0 aliphatic carbocycles. The van der Waals surface area contributed by atoms with Gasteiger partial charge in [-0.25, -0.2) is 0 Å². The van der Waals surface area contributed by atoms with Gasteiger partial charge in [0.1, 0.15) is 12.2 Å². The summed E-state index contributed by atoms with van der Waals surface area (Å²) in [5.74, 6) is 0. The number of carbonyl (C=O) groups is 2. The van der Waals surface area contributed by atoms with Crippen molar-refractivity contribution in [2.45, 2.75) is 18.2 Å². The van der Waals surface area contributed by atoms with Gasteiger partial charge >= 0.3 is 0 Å². The zero-order chi connectivity index (χ0) is 9.56. The van der Waals surface area contributed by atoms with Crippen LogP contribution in [0.25, 0.3) is 0 Å². The Morgan fingerprint density at radius 3 is 2.25 bits per heavy atom. The predicted molar refractivity (Wildman–Crippen MR) is 38.2 cm³/mol. The van der Waals surface area contributed by atoms with E-state index >= 15 is 0 Å². The number of rotatable bonds is 6. The summed E-state index contributed by atoms with van der Waals surface area (Å²) in [6, 6.07) is -1.03. The third-order valence-electron chi connectivity index (χ3n) is 1.38. The second kappa shape index (κ2) is 5.64. The molecule has 70 valence electrons. The van der Waals surface area contributed by atoms with E-state index in [2.05, 4.69) is 0 Å². The number of hydrogen-bond donors (Lipinski definition) is 4. The summed E-state index contributed by atoms with van der Waals surface area (Å²) < 4.78 is 0. The molecule has 0 aromatic heterocycles. The molecule has 0 saturated carbocycles. The van der Waals surface area contributed by atoms with Crippen molar-refractivity contribution in [2.24, 2.45) is 0 Å². The Bertz CT molecular complexity index is 151. The van der Waals surface area contributed by atoms with Gasteiger partial charge in [-0.1, -0.05) is 0 Å². The van der Waals surface area contributed by atoms with Crippen LogP contribution in [0.2, 0.25) is 0 Å². The molecule has 0 aromatic rings. The maximum atomic E-state index is 9.96. The van der Waals surface area contributed by atoms with Gasteiger partial charge in [-0.05, 0) is 0 Å². The first-order valence-electron chi connectivity index (χ1n) is 3.29. The van der Waals surface area contributed by atoms with Gasteiger partial charge in [0.25, 0.3) is 0 Å².